The van der Waals surface area contributed by atoms with Crippen molar-refractivity contribution < 1.29 is 18.1 Å². The first kappa shape index (κ1) is 22.9. The topological polar surface area (TPSA) is 62.9 Å². The normalized spacial score (nSPS) is 16.1. The van der Waals surface area contributed by atoms with Gasteiger partial charge in [0.05, 0.1) is 26.0 Å². The van der Waals surface area contributed by atoms with Gasteiger partial charge in [0.25, 0.3) is 5.92 Å². The van der Waals surface area contributed by atoms with E-state index >= 15 is 0 Å². The van der Waals surface area contributed by atoms with E-state index in [1.807, 2.05) is 30.5 Å². The minimum atomic E-state index is -2.93. The predicted molar refractivity (Wildman–Crippen MR) is 129 cm³/mol. The monoisotopic (exact) mass is 483 g/mol. The van der Waals surface area contributed by atoms with Crippen LogP contribution in [0.2, 0.25) is 0 Å². The Kier molecular flexibility index (Phi) is 6.35. The smallest absolute Gasteiger partial charge is 0.285 e. The van der Waals surface area contributed by atoms with Gasteiger partial charge in [-0.25, -0.2) is 9.50 Å². The molecule has 0 aliphatic carbocycles. The van der Waals surface area contributed by atoms with E-state index in [4.69, 9.17) is 4.74 Å². The molecule has 0 saturated carbocycles. The fourth-order valence-corrected chi connectivity index (χ4v) is 4.69. The minimum absolute atomic E-state index is 0.00291. The van der Waals surface area contributed by atoms with Crippen molar-refractivity contribution in [1.82, 2.24) is 19.5 Å². The van der Waals surface area contributed by atoms with Crippen molar-refractivity contribution >= 4 is 16.8 Å². The van der Waals surface area contributed by atoms with Gasteiger partial charge < -0.3 is 4.74 Å². The highest BCUT2D eigenvalue weighted by Gasteiger charge is 2.34. The quantitative estimate of drug-likeness (QED) is 0.407. The van der Waals surface area contributed by atoms with Crippen molar-refractivity contribution in [3.63, 3.8) is 0 Å². The highest BCUT2D eigenvalue weighted by molar-refractivity contribution is 7.90. The summed E-state index contributed by atoms with van der Waals surface area (Å²) in [6, 6.07) is 14.0. The number of halogens is 2. The van der Waals surface area contributed by atoms with Crippen molar-refractivity contribution in [1.29, 1.82) is 0 Å². The van der Waals surface area contributed by atoms with Crippen LogP contribution in [0.3, 0.4) is 0 Å². The van der Waals surface area contributed by atoms with Crippen molar-refractivity contribution in [3.8, 4) is 22.3 Å². The van der Waals surface area contributed by atoms with Gasteiger partial charge in [0, 0.05) is 48.2 Å². The molecule has 9 heteroatoms. The first-order valence-electron chi connectivity index (χ1n) is 11.0. The predicted octanol–water partition coefficient (Wildman–Crippen LogP) is 4.57. The van der Waals surface area contributed by atoms with Crippen LogP contribution in [-0.4, -0.2) is 63.2 Å². The third-order valence-corrected chi connectivity index (χ3v) is 6.95. The van der Waals surface area contributed by atoms with Gasteiger partial charge in [0.1, 0.15) is 6.26 Å². The molecule has 1 unspecified atom stereocenters. The van der Waals surface area contributed by atoms with E-state index < -0.39 is 17.1 Å². The lowest BCUT2D eigenvalue weighted by Crippen LogP contribution is -2.42. The second kappa shape index (κ2) is 9.42. The zero-order chi connectivity index (χ0) is 23.7. The number of ether oxygens (including phenoxy) is 1. The van der Waals surface area contributed by atoms with Gasteiger partial charge in [-0.2, -0.15) is 18.4 Å². The van der Waals surface area contributed by atoms with Gasteiger partial charge in [-0.3, -0.25) is 4.90 Å². The van der Waals surface area contributed by atoms with Gasteiger partial charge in [0.2, 0.25) is 0 Å². The summed E-state index contributed by atoms with van der Waals surface area (Å²) in [6.45, 7) is 1.72. The summed E-state index contributed by atoms with van der Waals surface area (Å²) in [5.74, 6) is -2.93. The fourth-order valence-electron chi connectivity index (χ4n) is 4.11. The largest absolute Gasteiger partial charge is 0.379 e. The highest BCUT2D eigenvalue weighted by Crippen LogP contribution is 2.32. The van der Waals surface area contributed by atoms with E-state index in [0.29, 0.717) is 32.0 Å². The molecule has 0 spiro atoms. The van der Waals surface area contributed by atoms with Crippen LogP contribution in [0.4, 0.5) is 8.78 Å². The molecule has 0 radical (unpaired) electrons. The molecule has 2 aromatic carbocycles. The SMILES string of the molecule is C[S+](O)c1cccc(-c2cnn3cc(-c4ccc(C(F)(F)CN5CCOCC5)cc4)cnc23)c1. The molecule has 0 bridgehead atoms. The van der Waals surface area contributed by atoms with Gasteiger partial charge in [-0.15, -0.1) is 0 Å². The lowest BCUT2D eigenvalue weighted by Gasteiger charge is -2.30. The number of nitrogens with zero attached hydrogens (tertiary/aromatic N) is 4. The maximum atomic E-state index is 14.8. The Labute approximate surface area is 199 Å². The summed E-state index contributed by atoms with van der Waals surface area (Å²) in [5.41, 5.74) is 4.03. The summed E-state index contributed by atoms with van der Waals surface area (Å²) < 4.78 is 46.4. The van der Waals surface area contributed by atoms with Gasteiger partial charge >= 0.3 is 0 Å². The number of fused-ring (bicyclic) bond motifs is 1. The number of hydrogen-bond donors (Lipinski definition) is 1. The molecule has 1 fully saturated rings. The van der Waals surface area contributed by atoms with Crippen LogP contribution in [0.25, 0.3) is 27.9 Å². The van der Waals surface area contributed by atoms with Crippen LogP contribution in [0.1, 0.15) is 5.56 Å². The van der Waals surface area contributed by atoms with Crippen LogP contribution in [0.15, 0.2) is 72.0 Å². The zero-order valence-electron chi connectivity index (χ0n) is 18.7. The van der Waals surface area contributed by atoms with E-state index in [1.54, 1.807) is 40.2 Å². The van der Waals surface area contributed by atoms with Crippen molar-refractivity contribution in [2.24, 2.45) is 0 Å². The molecular formula is C25H25F2N4O2S+. The Morgan fingerprint density at radius 2 is 1.79 bits per heavy atom. The Morgan fingerprint density at radius 3 is 2.53 bits per heavy atom. The van der Waals surface area contributed by atoms with Gasteiger partial charge in [-0.1, -0.05) is 36.4 Å². The van der Waals surface area contributed by atoms with E-state index in [2.05, 4.69) is 10.1 Å². The molecule has 4 aromatic rings. The summed E-state index contributed by atoms with van der Waals surface area (Å²) in [6.07, 6.45) is 7.06. The van der Waals surface area contributed by atoms with Gasteiger partial charge in [0.15, 0.2) is 21.7 Å². The number of morpholine rings is 1. The molecule has 5 rings (SSSR count). The number of rotatable bonds is 6. The third kappa shape index (κ3) is 4.69. The Morgan fingerprint density at radius 1 is 1.03 bits per heavy atom. The maximum absolute atomic E-state index is 14.8. The number of aromatic nitrogens is 3. The Balaban J connectivity index is 1.38. The number of hydrogen-bond acceptors (Lipinski definition) is 5. The molecule has 34 heavy (non-hydrogen) atoms. The molecule has 3 heterocycles. The second-order valence-electron chi connectivity index (χ2n) is 8.35. The van der Waals surface area contributed by atoms with Crippen molar-refractivity contribution in [3.05, 3.63) is 72.7 Å². The molecule has 0 amide bonds. The van der Waals surface area contributed by atoms with E-state index in [1.165, 1.54) is 12.1 Å². The lowest BCUT2D eigenvalue weighted by atomic mass is 10.0. The zero-order valence-corrected chi connectivity index (χ0v) is 19.5. The van der Waals surface area contributed by atoms with Crippen molar-refractivity contribution in [2.75, 3.05) is 39.1 Å². The standard InChI is InChI=1S/C25H25F2N4O2S/c1-34(32)22-4-2-3-19(13-22)23-15-29-31-16-20(14-28-24(23)31)18-5-7-21(8-6-18)25(26,27)17-30-9-11-33-12-10-30/h2-8,13-16,32H,9-12,17H2,1H3/q+1. The molecule has 2 aromatic heterocycles. The van der Waals surface area contributed by atoms with Crippen LogP contribution in [0, 0.1) is 0 Å². The summed E-state index contributed by atoms with van der Waals surface area (Å²) in [7, 11) is 0. The van der Waals surface area contributed by atoms with Crippen LogP contribution in [0.5, 0.6) is 0 Å². The Hall–Kier alpha value is -2.85. The molecule has 1 atom stereocenters. The summed E-state index contributed by atoms with van der Waals surface area (Å²) in [5, 5.41) is 4.44. The molecule has 1 aliphatic rings. The highest BCUT2D eigenvalue weighted by atomic mass is 32.2. The Bertz CT molecular complexity index is 1290. The van der Waals surface area contributed by atoms with E-state index in [-0.39, 0.29) is 12.1 Å². The third-order valence-electron chi connectivity index (χ3n) is 6.01. The average molecular weight is 484 g/mol. The summed E-state index contributed by atoms with van der Waals surface area (Å²) >= 11 is -0.833. The lowest BCUT2D eigenvalue weighted by molar-refractivity contribution is -0.0617. The molecule has 176 valence electrons. The average Bonchev–Trinajstić information content (AvgIpc) is 3.28. The van der Waals surface area contributed by atoms with Crippen LogP contribution >= 0.6 is 0 Å². The first-order chi connectivity index (χ1) is 16.4. The molecule has 6 nitrogen and oxygen atoms in total. The maximum Gasteiger partial charge on any atom is 0.285 e. The molecule has 1 aliphatic heterocycles. The van der Waals surface area contributed by atoms with Crippen LogP contribution < -0.4 is 0 Å². The number of benzene rings is 2. The number of alkyl halides is 2. The first-order valence-corrected chi connectivity index (χ1v) is 12.6. The van der Waals surface area contributed by atoms with Gasteiger partial charge in [-0.05, 0) is 17.2 Å². The van der Waals surface area contributed by atoms with Crippen LogP contribution in [-0.2, 0) is 21.8 Å². The minimum Gasteiger partial charge on any atom is -0.379 e. The second-order valence-corrected chi connectivity index (χ2v) is 9.77. The molecular weight excluding hydrogens is 458 g/mol. The van der Waals surface area contributed by atoms with E-state index in [0.717, 1.165) is 27.1 Å². The fraction of sp³-hybridized carbons (Fsp3) is 0.280. The summed E-state index contributed by atoms with van der Waals surface area (Å²) in [4.78, 5) is 7.17. The van der Waals surface area contributed by atoms with E-state index in [9.17, 15) is 13.3 Å². The molecule has 1 saturated heterocycles. The molecule has 1 N–H and O–H groups in total. The van der Waals surface area contributed by atoms with Crippen molar-refractivity contribution in [2.45, 2.75) is 10.8 Å².